The molecular weight excluding hydrogens is 186 g/mol. The van der Waals surface area contributed by atoms with Crippen molar-refractivity contribution in [3.8, 4) is 0 Å². The molecule has 0 aliphatic heterocycles. The van der Waals surface area contributed by atoms with E-state index in [4.69, 9.17) is 0 Å². The Bertz CT molecular complexity index is 365. The number of amides is 1. The Morgan fingerprint density at radius 1 is 1.20 bits per heavy atom. The van der Waals surface area contributed by atoms with Gasteiger partial charge in [0.25, 0.3) is 5.91 Å². The van der Waals surface area contributed by atoms with Crippen LogP contribution in [0.15, 0.2) is 41.5 Å². The van der Waals surface area contributed by atoms with Crippen molar-refractivity contribution in [1.82, 2.24) is 0 Å². The summed E-state index contributed by atoms with van der Waals surface area (Å²) in [6.45, 7) is 5.89. The summed E-state index contributed by atoms with van der Waals surface area (Å²) >= 11 is 0. The van der Waals surface area contributed by atoms with E-state index < -0.39 is 0 Å². The van der Waals surface area contributed by atoms with Gasteiger partial charge >= 0.3 is 0 Å². The highest BCUT2D eigenvalue weighted by atomic mass is 16.1. The predicted octanol–water partition coefficient (Wildman–Crippen LogP) is 3.37. The number of carbonyl (C=O) groups excluding carboxylic acids is 1. The average molecular weight is 203 g/mol. The molecule has 0 unspecified atom stereocenters. The molecule has 0 atom stereocenters. The van der Waals surface area contributed by atoms with E-state index in [0.29, 0.717) is 0 Å². The van der Waals surface area contributed by atoms with Crippen molar-refractivity contribution in [2.75, 3.05) is 5.32 Å². The molecule has 0 spiro atoms. The van der Waals surface area contributed by atoms with Gasteiger partial charge in [-0.1, -0.05) is 30.7 Å². The molecule has 0 heterocycles. The lowest BCUT2D eigenvalue weighted by Gasteiger charge is -2.07. The monoisotopic (exact) mass is 203 g/mol. The van der Waals surface area contributed by atoms with Crippen LogP contribution >= 0.6 is 0 Å². The highest BCUT2D eigenvalue weighted by Gasteiger charge is 2.06. The Hall–Kier alpha value is -1.57. The van der Waals surface area contributed by atoms with Crippen molar-refractivity contribution in [1.29, 1.82) is 0 Å². The maximum Gasteiger partial charge on any atom is 0.251 e. The summed E-state index contributed by atoms with van der Waals surface area (Å²) < 4.78 is 0. The number of rotatable bonds is 3. The Kier molecular flexibility index (Phi) is 4.10. The minimum atomic E-state index is -0.0134. The first-order valence-corrected chi connectivity index (χ1v) is 5.18. The van der Waals surface area contributed by atoms with Crippen molar-refractivity contribution in [2.45, 2.75) is 27.2 Å². The quantitative estimate of drug-likeness (QED) is 0.750. The minimum absolute atomic E-state index is 0.0134. The first-order valence-electron chi connectivity index (χ1n) is 5.18. The van der Waals surface area contributed by atoms with E-state index in [-0.39, 0.29) is 5.91 Å². The zero-order chi connectivity index (χ0) is 11.3. The molecule has 15 heavy (non-hydrogen) atoms. The zero-order valence-electron chi connectivity index (χ0n) is 9.50. The number of benzene rings is 1. The third-order valence-electron chi connectivity index (χ3n) is 2.54. The molecule has 0 radical (unpaired) electrons. The molecule has 1 aromatic carbocycles. The van der Waals surface area contributed by atoms with Crippen LogP contribution in [0.2, 0.25) is 0 Å². The normalized spacial score (nSPS) is 11.9. The molecule has 0 fully saturated rings. The predicted molar refractivity (Wildman–Crippen MR) is 63.7 cm³/mol. The number of para-hydroxylation sites is 1. The Balaban J connectivity index is 2.73. The fourth-order valence-electron chi connectivity index (χ4n) is 1.21. The Morgan fingerprint density at radius 2 is 1.80 bits per heavy atom. The summed E-state index contributed by atoms with van der Waals surface area (Å²) in [4.78, 5) is 11.7. The molecule has 2 heteroatoms. The molecule has 80 valence electrons. The van der Waals surface area contributed by atoms with Crippen LogP contribution in [0, 0.1) is 0 Å². The number of nitrogens with one attached hydrogen (secondary N) is 1. The average Bonchev–Trinajstić information content (AvgIpc) is 2.28. The van der Waals surface area contributed by atoms with Gasteiger partial charge in [-0.15, -0.1) is 0 Å². The van der Waals surface area contributed by atoms with E-state index in [9.17, 15) is 4.79 Å². The largest absolute Gasteiger partial charge is 0.322 e. The van der Waals surface area contributed by atoms with Gasteiger partial charge in [0.05, 0.1) is 0 Å². The lowest BCUT2D eigenvalue weighted by atomic mass is 10.1. The number of carbonyl (C=O) groups is 1. The number of hydrogen-bond acceptors (Lipinski definition) is 1. The van der Waals surface area contributed by atoms with Crippen LogP contribution in [0.1, 0.15) is 27.2 Å². The van der Waals surface area contributed by atoms with Crippen LogP contribution in [0.3, 0.4) is 0 Å². The summed E-state index contributed by atoms with van der Waals surface area (Å²) in [7, 11) is 0. The van der Waals surface area contributed by atoms with E-state index in [1.165, 1.54) is 0 Å². The first kappa shape index (κ1) is 11.5. The number of anilines is 1. The van der Waals surface area contributed by atoms with E-state index in [1.54, 1.807) is 0 Å². The van der Waals surface area contributed by atoms with Gasteiger partial charge in [-0.05, 0) is 32.4 Å². The molecule has 0 saturated carbocycles. The second-order valence-electron chi connectivity index (χ2n) is 3.58. The summed E-state index contributed by atoms with van der Waals surface area (Å²) in [6, 6.07) is 9.50. The SMILES string of the molecule is CC/C(C)=C(/C)C(=O)Nc1ccccc1. The summed E-state index contributed by atoms with van der Waals surface area (Å²) in [6.07, 6.45) is 0.911. The topological polar surface area (TPSA) is 29.1 Å². The third kappa shape index (κ3) is 3.24. The standard InChI is InChI=1S/C13H17NO/c1-4-10(2)11(3)13(15)14-12-8-6-5-7-9-12/h5-9H,4H2,1-3H3,(H,14,15)/b11-10-. The first-order chi connectivity index (χ1) is 7.15. The van der Waals surface area contributed by atoms with Crippen LogP contribution < -0.4 is 5.32 Å². The fourth-order valence-corrected chi connectivity index (χ4v) is 1.21. The Morgan fingerprint density at radius 3 is 2.33 bits per heavy atom. The second-order valence-corrected chi connectivity index (χ2v) is 3.58. The van der Waals surface area contributed by atoms with Crippen LogP contribution in [-0.2, 0) is 4.79 Å². The van der Waals surface area contributed by atoms with Crippen LogP contribution in [0.25, 0.3) is 0 Å². The van der Waals surface area contributed by atoms with Crippen molar-refractivity contribution in [3.05, 3.63) is 41.5 Å². The molecule has 0 aromatic heterocycles. The molecule has 0 aliphatic carbocycles. The van der Waals surface area contributed by atoms with E-state index in [1.807, 2.05) is 44.2 Å². The second kappa shape index (κ2) is 5.35. The number of hydrogen-bond donors (Lipinski definition) is 1. The lowest BCUT2D eigenvalue weighted by molar-refractivity contribution is -0.112. The van der Waals surface area contributed by atoms with Gasteiger partial charge in [0.15, 0.2) is 0 Å². The minimum Gasteiger partial charge on any atom is -0.322 e. The number of allylic oxidation sites excluding steroid dienone is 1. The maximum atomic E-state index is 11.7. The van der Waals surface area contributed by atoms with E-state index in [0.717, 1.165) is 23.3 Å². The Labute approximate surface area is 91.0 Å². The van der Waals surface area contributed by atoms with Gasteiger partial charge in [-0.2, -0.15) is 0 Å². The molecule has 1 amide bonds. The molecule has 0 bridgehead atoms. The summed E-state index contributed by atoms with van der Waals surface area (Å²) in [5, 5.41) is 2.86. The molecule has 2 nitrogen and oxygen atoms in total. The smallest absolute Gasteiger partial charge is 0.251 e. The van der Waals surface area contributed by atoms with Crippen molar-refractivity contribution >= 4 is 11.6 Å². The highest BCUT2D eigenvalue weighted by Crippen LogP contribution is 2.11. The van der Waals surface area contributed by atoms with Crippen molar-refractivity contribution in [2.24, 2.45) is 0 Å². The van der Waals surface area contributed by atoms with E-state index >= 15 is 0 Å². The van der Waals surface area contributed by atoms with Gasteiger partial charge in [0, 0.05) is 11.3 Å². The molecule has 1 aromatic rings. The zero-order valence-corrected chi connectivity index (χ0v) is 9.50. The molecule has 0 aliphatic rings. The van der Waals surface area contributed by atoms with Crippen molar-refractivity contribution < 1.29 is 4.79 Å². The molecule has 0 saturated heterocycles. The lowest BCUT2D eigenvalue weighted by Crippen LogP contribution is -2.13. The van der Waals surface area contributed by atoms with Gasteiger partial charge in [-0.3, -0.25) is 4.79 Å². The van der Waals surface area contributed by atoms with Crippen LogP contribution in [-0.4, -0.2) is 5.91 Å². The van der Waals surface area contributed by atoms with Crippen LogP contribution in [0.5, 0.6) is 0 Å². The van der Waals surface area contributed by atoms with Crippen molar-refractivity contribution in [3.63, 3.8) is 0 Å². The van der Waals surface area contributed by atoms with Gasteiger partial charge in [0.2, 0.25) is 0 Å². The highest BCUT2D eigenvalue weighted by molar-refractivity contribution is 6.03. The maximum absolute atomic E-state index is 11.7. The summed E-state index contributed by atoms with van der Waals surface area (Å²) in [5.41, 5.74) is 2.77. The van der Waals surface area contributed by atoms with E-state index in [2.05, 4.69) is 12.2 Å². The molecule has 1 N–H and O–H groups in total. The summed E-state index contributed by atoms with van der Waals surface area (Å²) in [5.74, 6) is -0.0134. The van der Waals surface area contributed by atoms with Crippen LogP contribution in [0.4, 0.5) is 5.69 Å². The van der Waals surface area contributed by atoms with Gasteiger partial charge in [0.1, 0.15) is 0 Å². The van der Waals surface area contributed by atoms with Gasteiger partial charge < -0.3 is 5.32 Å². The molecule has 1 rings (SSSR count). The van der Waals surface area contributed by atoms with Gasteiger partial charge in [-0.25, -0.2) is 0 Å². The fraction of sp³-hybridized carbons (Fsp3) is 0.308. The third-order valence-corrected chi connectivity index (χ3v) is 2.54. The molecular formula is C13H17NO.